The maximum Gasteiger partial charge on any atom is 0.269 e. The second kappa shape index (κ2) is 7.55. The number of non-ortho nitro benzene ring substituents is 1. The van der Waals surface area contributed by atoms with Crippen molar-refractivity contribution in [3.63, 3.8) is 0 Å². The maximum absolute atomic E-state index is 10.7. The Balaban J connectivity index is 1.91. The highest BCUT2D eigenvalue weighted by Gasteiger charge is 2.27. The summed E-state index contributed by atoms with van der Waals surface area (Å²) in [5, 5.41) is 14.3. The number of hydrogen-bond donors (Lipinski definition) is 1. The van der Waals surface area contributed by atoms with E-state index in [2.05, 4.69) is 19.2 Å². The van der Waals surface area contributed by atoms with E-state index in [0.29, 0.717) is 6.04 Å². The summed E-state index contributed by atoms with van der Waals surface area (Å²) in [4.78, 5) is 10.3. The number of nitro benzene ring substituents is 1. The third kappa shape index (κ3) is 4.53. The van der Waals surface area contributed by atoms with Gasteiger partial charge in [0.15, 0.2) is 0 Å². The maximum atomic E-state index is 10.7. The van der Waals surface area contributed by atoms with Crippen molar-refractivity contribution < 1.29 is 4.92 Å². The first kappa shape index (κ1) is 16.0. The third-order valence-electron chi connectivity index (χ3n) is 4.66. The van der Waals surface area contributed by atoms with E-state index in [9.17, 15) is 10.1 Å². The Hall–Kier alpha value is -1.42. The smallest absolute Gasteiger partial charge is 0.269 e. The number of rotatable bonds is 6. The lowest BCUT2D eigenvalue weighted by atomic mass is 9.76. The lowest BCUT2D eigenvalue weighted by Gasteiger charge is -2.35. The van der Waals surface area contributed by atoms with Crippen LogP contribution in [0.5, 0.6) is 0 Å². The minimum absolute atomic E-state index is 0.176. The number of nitrogens with zero attached hydrogens (tertiary/aromatic N) is 1. The molecule has 1 saturated carbocycles. The van der Waals surface area contributed by atoms with Gasteiger partial charge in [-0.05, 0) is 56.0 Å². The van der Waals surface area contributed by atoms with Crippen LogP contribution in [0.3, 0.4) is 0 Å². The zero-order valence-corrected chi connectivity index (χ0v) is 13.0. The summed E-state index contributed by atoms with van der Waals surface area (Å²) in [5.74, 6) is 1.55. The van der Waals surface area contributed by atoms with E-state index < -0.39 is 0 Å². The van der Waals surface area contributed by atoms with E-state index >= 15 is 0 Å². The molecule has 0 aliphatic heterocycles. The Kier molecular flexibility index (Phi) is 5.74. The largest absolute Gasteiger partial charge is 0.314 e. The highest BCUT2D eigenvalue weighted by atomic mass is 16.6. The van der Waals surface area contributed by atoms with Gasteiger partial charge in [0.25, 0.3) is 5.69 Å². The zero-order chi connectivity index (χ0) is 15.2. The number of hydrogen-bond acceptors (Lipinski definition) is 3. The van der Waals surface area contributed by atoms with Crippen LogP contribution < -0.4 is 5.32 Å². The van der Waals surface area contributed by atoms with Crippen LogP contribution in [0.4, 0.5) is 5.69 Å². The predicted molar refractivity (Wildman–Crippen MR) is 85.4 cm³/mol. The van der Waals surface area contributed by atoms with E-state index in [1.54, 1.807) is 12.1 Å². The van der Waals surface area contributed by atoms with Crippen molar-refractivity contribution in [1.82, 2.24) is 5.32 Å². The molecule has 1 fully saturated rings. The van der Waals surface area contributed by atoms with Gasteiger partial charge in [0.1, 0.15) is 0 Å². The van der Waals surface area contributed by atoms with Crippen molar-refractivity contribution in [3.05, 3.63) is 39.9 Å². The molecule has 0 heterocycles. The Morgan fingerprint density at radius 2 is 2.00 bits per heavy atom. The van der Waals surface area contributed by atoms with Crippen LogP contribution >= 0.6 is 0 Å². The molecule has 1 aromatic rings. The number of nitro groups is 1. The molecule has 0 aromatic heterocycles. The van der Waals surface area contributed by atoms with Gasteiger partial charge in [-0.3, -0.25) is 10.1 Å². The average Bonchev–Trinajstić information content (AvgIpc) is 2.48. The molecular weight excluding hydrogens is 264 g/mol. The summed E-state index contributed by atoms with van der Waals surface area (Å²) < 4.78 is 0. The standard InChI is InChI=1S/C17H26N2O2/c1-3-18-17-11-4-13(2)12-15(17)8-5-14-6-9-16(10-7-14)19(20)21/h6-7,9-10,13,15,17-18H,3-5,8,11-12H2,1-2H3. The van der Waals surface area contributed by atoms with Gasteiger partial charge < -0.3 is 5.32 Å². The van der Waals surface area contributed by atoms with Gasteiger partial charge >= 0.3 is 0 Å². The fraction of sp³-hybridized carbons (Fsp3) is 0.647. The normalized spacial score (nSPS) is 25.7. The third-order valence-corrected chi connectivity index (χ3v) is 4.66. The monoisotopic (exact) mass is 290 g/mol. The zero-order valence-electron chi connectivity index (χ0n) is 13.0. The molecule has 21 heavy (non-hydrogen) atoms. The summed E-state index contributed by atoms with van der Waals surface area (Å²) in [6, 6.07) is 7.66. The SMILES string of the molecule is CCNC1CCC(C)CC1CCc1ccc([N+](=O)[O-])cc1. The molecular formula is C17H26N2O2. The molecule has 3 atom stereocenters. The Labute approximate surface area is 127 Å². The first-order valence-corrected chi connectivity index (χ1v) is 8.06. The van der Waals surface area contributed by atoms with Crippen LogP contribution in [0, 0.1) is 22.0 Å². The summed E-state index contributed by atoms with van der Waals surface area (Å²) in [6.07, 6.45) is 6.08. The quantitative estimate of drug-likeness (QED) is 0.637. The van der Waals surface area contributed by atoms with Gasteiger partial charge in [-0.1, -0.05) is 26.0 Å². The highest BCUT2D eigenvalue weighted by Crippen LogP contribution is 2.32. The number of nitrogens with one attached hydrogen (secondary N) is 1. The molecule has 0 spiro atoms. The van der Waals surface area contributed by atoms with E-state index in [-0.39, 0.29) is 10.6 Å². The van der Waals surface area contributed by atoms with Gasteiger partial charge in [-0.25, -0.2) is 0 Å². The molecule has 1 aromatic carbocycles. The molecule has 2 rings (SSSR count). The number of benzene rings is 1. The molecule has 1 aliphatic carbocycles. The fourth-order valence-corrected chi connectivity index (χ4v) is 3.49. The van der Waals surface area contributed by atoms with Gasteiger partial charge in [0, 0.05) is 18.2 Å². The van der Waals surface area contributed by atoms with Crippen molar-refractivity contribution in [1.29, 1.82) is 0 Å². The second-order valence-electron chi connectivity index (χ2n) is 6.30. The summed E-state index contributed by atoms with van der Waals surface area (Å²) in [7, 11) is 0. The molecule has 0 saturated heterocycles. The minimum Gasteiger partial charge on any atom is -0.314 e. The van der Waals surface area contributed by atoms with Gasteiger partial charge in [-0.2, -0.15) is 0 Å². The molecule has 4 nitrogen and oxygen atoms in total. The molecule has 3 unspecified atom stereocenters. The average molecular weight is 290 g/mol. The van der Waals surface area contributed by atoms with Gasteiger partial charge in [-0.15, -0.1) is 0 Å². The van der Waals surface area contributed by atoms with Gasteiger partial charge in [0.05, 0.1) is 4.92 Å². The van der Waals surface area contributed by atoms with Crippen LogP contribution in [0.25, 0.3) is 0 Å². The van der Waals surface area contributed by atoms with E-state index in [1.165, 1.54) is 31.2 Å². The molecule has 1 N–H and O–H groups in total. The molecule has 1 aliphatic rings. The van der Waals surface area contributed by atoms with E-state index in [1.807, 2.05) is 12.1 Å². The minimum atomic E-state index is -0.339. The van der Waals surface area contributed by atoms with Crippen LogP contribution in [0.2, 0.25) is 0 Å². The first-order chi connectivity index (χ1) is 10.1. The van der Waals surface area contributed by atoms with Crippen molar-refractivity contribution >= 4 is 5.69 Å². The van der Waals surface area contributed by atoms with Crippen molar-refractivity contribution in [2.24, 2.45) is 11.8 Å². The highest BCUT2D eigenvalue weighted by molar-refractivity contribution is 5.32. The van der Waals surface area contributed by atoms with E-state index in [0.717, 1.165) is 24.8 Å². The summed E-state index contributed by atoms with van der Waals surface area (Å²) >= 11 is 0. The molecule has 0 radical (unpaired) electrons. The topological polar surface area (TPSA) is 55.2 Å². The Morgan fingerprint density at radius 1 is 1.29 bits per heavy atom. The lowest BCUT2D eigenvalue weighted by Crippen LogP contribution is -2.40. The van der Waals surface area contributed by atoms with Crippen LogP contribution in [0.15, 0.2) is 24.3 Å². The molecule has 0 bridgehead atoms. The molecule has 116 valence electrons. The Bertz CT molecular complexity index is 458. The fourth-order valence-electron chi connectivity index (χ4n) is 3.49. The lowest BCUT2D eigenvalue weighted by molar-refractivity contribution is -0.384. The second-order valence-corrected chi connectivity index (χ2v) is 6.30. The van der Waals surface area contributed by atoms with Crippen LogP contribution in [-0.4, -0.2) is 17.5 Å². The first-order valence-electron chi connectivity index (χ1n) is 8.06. The van der Waals surface area contributed by atoms with E-state index in [4.69, 9.17) is 0 Å². The Morgan fingerprint density at radius 3 is 2.62 bits per heavy atom. The van der Waals surface area contributed by atoms with Crippen molar-refractivity contribution in [3.8, 4) is 0 Å². The summed E-state index contributed by atoms with van der Waals surface area (Å²) in [5.41, 5.74) is 1.38. The van der Waals surface area contributed by atoms with Gasteiger partial charge in [0.2, 0.25) is 0 Å². The molecule has 0 amide bonds. The molecule has 4 heteroatoms. The van der Waals surface area contributed by atoms with Crippen LogP contribution in [0.1, 0.15) is 45.1 Å². The van der Waals surface area contributed by atoms with Crippen molar-refractivity contribution in [2.45, 2.75) is 52.0 Å². The summed E-state index contributed by atoms with van der Waals surface area (Å²) in [6.45, 7) is 5.56. The number of aryl methyl sites for hydroxylation is 1. The van der Waals surface area contributed by atoms with Crippen LogP contribution in [-0.2, 0) is 6.42 Å². The predicted octanol–water partition coefficient (Wildman–Crippen LogP) is 3.94. The van der Waals surface area contributed by atoms with Crippen molar-refractivity contribution in [2.75, 3.05) is 6.54 Å².